The van der Waals surface area contributed by atoms with Crippen molar-refractivity contribution in [3.8, 4) is 0 Å². The summed E-state index contributed by atoms with van der Waals surface area (Å²) in [4.78, 5) is 64.6. The number of alkyl carbamates (subject to hydrolysis) is 1. The molecule has 1 atom stereocenters. The highest BCUT2D eigenvalue weighted by molar-refractivity contribution is 6.14. The minimum absolute atomic E-state index is 0.101. The summed E-state index contributed by atoms with van der Waals surface area (Å²) in [5.41, 5.74) is 1.77. The fourth-order valence-corrected chi connectivity index (χ4v) is 3.27. The average molecular weight is 499 g/mol. The lowest BCUT2D eigenvalue weighted by Gasteiger charge is -2.24. The normalized spacial score (nSPS) is 13.0. The maximum Gasteiger partial charge on any atom is 0.510 e. The molecule has 3 amide bonds. The molecule has 1 N–H and O–H groups in total. The Morgan fingerprint density at radius 1 is 1.06 bits per heavy atom. The van der Waals surface area contributed by atoms with Crippen LogP contribution in [0.25, 0.3) is 0 Å². The summed E-state index contributed by atoms with van der Waals surface area (Å²) in [6, 6.07) is 12.7. The number of para-hydroxylation sites is 2. The second-order valence-corrected chi connectivity index (χ2v) is 7.16. The van der Waals surface area contributed by atoms with E-state index in [1.807, 2.05) is 0 Å². The molecule has 188 valence electrons. The van der Waals surface area contributed by atoms with Gasteiger partial charge in [-0.05, 0) is 42.8 Å². The highest BCUT2D eigenvalue weighted by Crippen LogP contribution is 2.35. The SMILES string of the molecule is CC(OC(=O)OC/C=C\COC(=O)NC(=O)N1c2ccccc2CC(=O)c2ccccc21)O[N+](=O)[O-]. The second-order valence-electron chi connectivity index (χ2n) is 7.16. The van der Waals surface area contributed by atoms with Crippen molar-refractivity contribution in [3.63, 3.8) is 0 Å². The Balaban J connectivity index is 1.53. The van der Waals surface area contributed by atoms with Crippen LogP contribution < -0.4 is 10.2 Å². The molecule has 0 fully saturated rings. The van der Waals surface area contributed by atoms with E-state index < -0.39 is 29.7 Å². The van der Waals surface area contributed by atoms with Crippen LogP contribution in [0.1, 0.15) is 22.8 Å². The van der Waals surface area contributed by atoms with Gasteiger partial charge in [-0.15, -0.1) is 10.1 Å². The molecule has 0 aliphatic carbocycles. The van der Waals surface area contributed by atoms with Crippen LogP contribution in [0, 0.1) is 10.1 Å². The van der Waals surface area contributed by atoms with Gasteiger partial charge in [0.25, 0.3) is 5.09 Å². The Kier molecular flexibility index (Phi) is 8.54. The minimum atomic E-state index is -1.44. The Morgan fingerprint density at radius 3 is 2.42 bits per heavy atom. The Bertz CT molecular complexity index is 1200. The first-order chi connectivity index (χ1) is 17.3. The van der Waals surface area contributed by atoms with Gasteiger partial charge in [-0.25, -0.2) is 19.7 Å². The number of ether oxygens (including phenoxy) is 3. The quantitative estimate of drug-likeness (QED) is 0.195. The molecule has 2 aromatic rings. The van der Waals surface area contributed by atoms with Crippen LogP contribution in [0.3, 0.4) is 0 Å². The molecule has 0 saturated carbocycles. The molecule has 0 aromatic heterocycles. The van der Waals surface area contributed by atoms with E-state index in [2.05, 4.69) is 19.6 Å². The van der Waals surface area contributed by atoms with Crippen LogP contribution in [-0.2, 0) is 25.5 Å². The van der Waals surface area contributed by atoms with Crippen LogP contribution in [0.5, 0.6) is 0 Å². The van der Waals surface area contributed by atoms with Crippen LogP contribution in [0.2, 0.25) is 0 Å². The molecule has 1 aliphatic rings. The number of anilines is 2. The maximum atomic E-state index is 13.0. The fraction of sp³-hybridized carbons (Fsp3) is 0.217. The van der Waals surface area contributed by atoms with Gasteiger partial charge in [-0.1, -0.05) is 30.3 Å². The van der Waals surface area contributed by atoms with Crippen molar-refractivity contribution in [1.29, 1.82) is 0 Å². The molecule has 3 rings (SSSR count). The third-order valence-corrected chi connectivity index (χ3v) is 4.71. The molecule has 36 heavy (non-hydrogen) atoms. The monoisotopic (exact) mass is 499 g/mol. The lowest BCUT2D eigenvalue weighted by atomic mass is 10.0. The second kappa shape index (κ2) is 12.0. The summed E-state index contributed by atoms with van der Waals surface area (Å²) in [6.45, 7) is 0.599. The summed E-state index contributed by atoms with van der Waals surface area (Å²) < 4.78 is 14.0. The van der Waals surface area contributed by atoms with Gasteiger partial charge in [-0.3, -0.25) is 14.5 Å². The van der Waals surface area contributed by atoms with Gasteiger partial charge >= 0.3 is 18.3 Å². The van der Waals surface area contributed by atoms with Gasteiger partial charge in [-0.2, -0.15) is 0 Å². The van der Waals surface area contributed by atoms with Crippen LogP contribution in [0.15, 0.2) is 60.7 Å². The largest absolute Gasteiger partial charge is 0.510 e. The first-order valence-electron chi connectivity index (χ1n) is 10.5. The molecular weight excluding hydrogens is 478 g/mol. The van der Waals surface area contributed by atoms with E-state index >= 15 is 0 Å². The number of ketones is 1. The Hall–Kier alpha value is -4.94. The van der Waals surface area contributed by atoms with Gasteiger partial charge < -0.3 is 14.2 Å². The van der Waals surface area contributed by atoms with E-state index in [1.54, 1.807) is 48.5 Å². The number of urea groups is 1. The predicted octanol–water partition coefficient (Wildman–Crippen LogP) is 3.67. The smallest absolute Gasteiger partial charge is 0.445 e. The molecule has 0 spiro atoms. The zero-order chi connectivity index (χ0) is 26.1. The lowest BCUT2D eigenvalue weighted by Crippen LogP contribution is -2.41. The number of imide groups is 1. The van der Waals surface area contributed by atoms with Crippen LogP contribution >= 0.6 is 0 Å². The Morgan fingerprint density at radius 2 is 1.69 bits per heavy atom. The molecule has 0 bridgehead atoms. The van der Waals surface area contributed by atoms with Crippen molar-refractivity contribution in [2.45, 2.75) is 19.6 Å². The van der Waals surface area contributed by atoms with Crippen molar-refractivity contribution in [2.24, 2.45) is 0 Å². The van der Waals surface area contributed by atoms with E-state index in [0.29, 0.717) is 22.5 Å². The lowest BCUT2D eigenvalue weighted by molar-refractivity contribution is -0.777. The van der Waals surface area contributed by atoms with Gasteiger partial charge in [0.05, 0.1) is 11.4 Å². The first-order valence-corrected chi connectivity index (χ1v) is 10.5. The molecular formula is C23H21N3O10. The van der Waals surface area contributed by atoms with E-state index in [1.165, 1.54) is 17.1 Å². The molecule has 2 aromatic carbocycles. The van der Waals surface area contributed by atoms with Crippen molar-refractivity contribution in [2.75, 3.05) is 18.1 Å². The number of nitrogens with one attached hydrogen (secondary N) is 1. The number of amides is 3. The zero-order valence-electron chi connectivity index (χ0n) is 18.9. The molecule has 1 heterocycles. The average Bonchev–Trinajstić information content (AvgIpc) is 2.94. The van der Waals surface area contributed by atoms with Crippen molar-refractivity contribution in [3.05, 3.63) is 81.9 Å². The minimum Gasteiger partial charge on any atom is -0.445 e. The van der Waals surface area contributed by atoms with E-state index in [-0.39, 0.29) is 25.4 Å². The van der Waals surface area contributed by atoms with Crippen LogP contribution in [0.4, 0.5) is 25.8 Å². The molecule has 1 aliphatic heterocycles. The molecule has 0 saturated heterocycles. The van der Waals surface area contributed by atoms with Gasteiger partial charge in [0, 0.05) is 12.0 Å². The van der Waals surface area contributed by atoms with E-state index in [4.69, 9.17) is 4.74 Å². The van der Waals surface area contributed by atoms with E-state index in [9.17, 15) is 29.3 Å². The highest BCUT2D eigenvalue weighted by atomic mass is 17.0. The van der Waals surface area contributed by atoms with Crippen molar-refractivity contribution >= 4 is 35.4 Å². The number of carbonyl (C=O) groups is 4. The number of fused-ring (bicyclic) bond motifs is 2. The number of hydrogen-bond acceptors (Lipinski definition) is 10. The van der Waals surface area contributed by atoms with Gasteiger partial charge in [0.2, 0.25) is 6.29 Å². The highest BCUT2D eigenvalue weighted by Gasteiger charge is 2.30. The third kappa shape index (κ3) is 6.79. The standard InChI is InChI=1S/C23H21N3O10/c1-15(36-26(31)32)35-23(30)34-13-7-6-12-33-22(29)24-21(28)25-18-10-4-2-8-16(18)14-20(27)17-9-3-5-11-19(17)25/h2-11,15H,12-14H2,1H3,(H,24,28,29)/b7-6-. The number of rotatable bonds is 7. The van der Waals surface area contributed by atoms with E-state index in [0.717, 1.165) is 6.92 Å². The number of Topliss-reactive ketones (excluding diaryl/α,β-unsaturated/α-hetero) is 1. The summed E-state index contributed by atoms with van der Waals surface area (Å²) in [6.07, 6.45) is -0.923. The van der Waals surface area contributed by atoms with Crippen molar-refractivity contribution < 1.29 is 43.3 Å². The zero-order valence-corrected chi connectivity index (χ0v) is 18.9. The molecule has 0 radical (unpaired) electrons. The summed E-state index contributed by atoms with van der Waals surface area (Å²) in [5.74, 6) is -0.160. The van der Waals surface area contributed by atoms with Crippen molar-refractivity contribution in [1.82, 2.24) is 5.32 Å². The molecule has 13 nitrogen and oxygen atoms in total. The number of benzene rings is 2. The molecule has 13 heteroatoms. The first kappa shape index (κ1) is 25.7. The van der Waals surface area contributed by atoms with Gasteiger partial charge in [0.1, 0.15) is 13.2 Å². The fourth-order valence-electron chi connectivity index (χ4n) is 3.27. The molecule has 1 unspecified atom stereocenters. The number of carbonyl (C=O) groups excluding carboxylic acids is 4. The topological polar surface area (TPSA) is 164 Å². The summed E-state index contributed by atoms with van der Waals surface area (Å²) in [5, 5.41) is 11.1. The van der Waals surface area contributed by atoms with Gasteiger partial charge in [0.15, 0.2) is 5.78 Å². The Labute approximate surface area is 204 Å². The summed E-state index contributed by atoms with van der Waals surface area (Å²) in [7, 11) is 0. The maximum absolute atomic E-state index is 13.0. The third-order valence-electron chi connectivity index (χ3n) is 4.71. The number of hydrogen-bond donors (Lipinski definition) is 1. The van der Waals surface area contributed by atoms with Crippen LogP contribution in [-0.4, -0.2) is 48.7 Å². The number of nitrogens with zero attached hydrogens (tertiary/aromatic N) is 2. The predicted molar refractivity (Wildman–Crippen MR) is 122 cm³/mol. The summed E-state index contributed by atoms with van der Waals surface area (Å²) >= 11 is 0.